The summed E-state index contributed by atoms with van der Waals surface area (Å²) in [7, 11) is -2.17. The smallest absolute Gasteiger partial charge is 0.241 e. The molecule has 164 valence electrons. The van der Waals surface area contributed by atoms with Crippen molar-refractivity contribution in [3.8, 4) is 5.75 Å². The SMILES string of the molecule is COc1ccc(C(CC(C)C)NC(=O)CN(c2ccc(Cl)cc2Cl)S(C)(=O)=O)cc1. The van der Waals surface area contributed by atoms with Gasteiger partial charge < -0.3 is 10.1 Å². The summed E-state index contributed by atoms with van der Waals surface area (Å²) in [5, 5.41) is 3.47. The summed E-state index contributed by atoms with van der Waals surface area (Å²) in [6, 6.07) is 11.6. The van der Waals surface area contributed by atoms with E-state index in [0.29, 0.717) is 23.1 Å². The lowest BCUT2D eigenvalue weighted by molar-refractivity contribution is -0.120. The molecule has 1 unspecified atom stereocenters. The van der Waals surface area contributed by atoms with E-state index < -0.39 is 22.5 Å². The molecule has 6 nitrogen and oxygen atoms in total. The van der Waals surface area contributed by atoms with Crippen molar-refractivity contribution in [1.82, 2.24) is 5.32 Å². The molecule has 0 spiro atoms. The molecule has 0 aliphatic heterocycles. The summed E-state index contributed by atoms with van der Waals surface area (Å²) in [6.07, 6.45) is 1.72. The van der Waals surface area contributed by atoms with Crippen LogP contribution < -0.4 is 14.4 Å². The molecule has 1 atom stereocenters. The van der Waals surface area contributed by atoms with Gasteiger partial charge in [0.15, 0.2) is 0 Å². The van der Waals surface area contributed by atoms with E-state index in [1.165, 1.54) is 18.2 Å². The molecular formula is C21H26Cl2N2O4S. The highest BCUT2D eigenvalue weighted by Crippen LogP contribution is 2.30. The van der Waals surface area contributed by atoms with E-state index in [-0.39, 0.29) is 16.8 Å². The molecule has 1 amide bonds. The van der Waals surface area contributed by atoms with Crippen LogP contribution in [0.25, 0.3) is 0 Å². The van der Waals surface area contributed by atoms with Crippen molar-refractivity contribution in [2.75, 3.05) is 24.2 Å². The number of hydrogen-bond donors (Lipinski definition) is 1. The van der Waals surface area contributed by atoms with Gasteiger partial charge in [0, 0.05) is 5.02 Å². The number of methoxy groups -OCH3 is 1. The Morgan fingerprint density at radius 3 is 2.27 bits per heavy atom. The molecule has 0 aliphatic carbocycles. The minimum absolute atomic E-state index is 0.148. The topological polar surface area (TPSA) is 75.7 Å². The number of ether oxygens (including phenoxy) is 1. The van der Waals surface area contributed by atoms with Crippen LogP contribution in [0.3, 0.4) is 0 Å². The Kier molecular flexibility index (Phi) is 8.41. The largest absolute Gasteiger partial charge is 0.497 e. The van der Waals surface area contributed by atoms with E-state index in [0.717, 1.165) is 16.1 Å². The number of amides is 1. The number of hydrogen-bond acceptors (Lipinski definition) is 4. The highest BCUT2D eigenvalue weighted by molar-refractivity contribution is 7.92. The first kappa shape index (κ1) is 24.3. The third-order valence-corrected chi connectivity index (χ3v) is 6.09. The Labute approximate surface area is 188 Å². The third kappa shape index (κ3) is 6.79. The van der Waals surface area contributed by atoms with Gasteiger partial charge in [-0.25, -0.2) is 8.42 Å². The zero-order valence-electron chi connectivity index (χ0n) is 17.4. The lowest BCUT2D eigenvalue weighted by Gasteiger charge is -2.26. The van der Waals surface area contributed by atoms with Crippen LogP contribution in [0, 0.1) is 5.92 Å². The number of halogens is 2. The molecule has 2 aromatic carbocycles. The first-order valence-corrected chi connectivity index (χ1v) is 12.0. The fourth-order valence-corrected chi connectivity index (χ4v) is 4.45. The second-order valence-corrected chi connectivity index (χ2v) is 10.1. The fourth-order valence-electron chi connectivity index (χ4n) is 3.02. The Bertz CT molecular complexity index is 979. The predicted octanol–water partition coefficient (Wildman–Crippen LogP) is 4.67. The van der Waals surface area contributed by atoms with Gasteiger partial charge in [-0.3, -0.25) is 9.10 Å². The van der Waals surface area contributed by atoms with Crippen LogP contribution in [-0.4, -0.2) is 34.2 Å². The lowest BCUT2D eigenvalue weighted by atomic mass is 9.97. The summed E-state index contributed by atoms with van der Waals surface area (Å²) < 4.78 is 30.9. The van der Waals surface area contributed by atoms with E-state index in [4.69, 9.17) is 27.9 Å². The Balaban J connectivity index is 2.25. The average Bonchev–Trinajstić information content (AvgIpc) is 2.65. The molecule has 0 heterocycles. The first-order valence-electron chi connectivity index (χ1n) is 9.37. The van der Waals surface area contributed by atoms with Gasteiger partial charge in [0.2, 0.25) is 15.9 Å². The van der Waals surface area contributed by atoms with E-state index in [2.05, 4.69) is 19.2 Å². The van der Waals surface area contributed by atoms with E-state index >= 15 is 0 Å². The number of carbonyl (C=O) groups excluding carboxylic acids is 1. The van der Waals surface area contributed by atoms with Crippen LogP contribution in [0.1, 0.15) is 31.9 Å². The standard InChI is InChI=1S/C21H26Cl2N2O4S/c1-14(2)11-19(15-5-8-17(29-3)9-6-15)24-21(26)13-25(30(4,27)28)20-10-7-16(22)12-18(20)23/h5-10,12,14,19H,11,13H2,1-4H3,(H,24,26). The molecule has 2 rings (SSSR count). The summed E-state index contributed by atoms with van der Waals surface area (Å²) in [4.78, 5) is 12.8. The van der Waals surface area contributed by atoms with E-state index in [1.54, 1.807) is 7.11 Å². The summed E-state index contributed by atoms with van der Waals surface area (Å²) in [5.74, 6) is 0.594. The molecular weight excluding hydrogens is 447 g/mol. The molecule has 2 aromatic rings. The number of nitrogens with zero attached hydrogens (tertiary/aromatic N) is 1. The van der Waals surface area contributed by atoms with Crippen LogP contribution in [0.2, 0.25) is 10.0 Å². The van der Waals surface area contributed by atoms with Crippen LogP contribution >= 0.6 is 23.2 Å². The zero-order valence-corrected chi connectivity index (χ0v) is 19.7. The maximum atomic E-state index is 12.8. The van der Waals surface area contributed by atoms with Crippen molar-refractivity contribution in [2.24, 2.45) is 5.92 Å². The second kappa shape index (κ2) is 10.4. The zero-order chi connectivity index (χ0) is 22.5. The maximum Gasteiger partial charge on any atom is 0.241 e. The van der Waals surface area contributed by atoms with Gasteiger partial charge in [-0.2, -0.15) is 0 Å². The van der Waals surface area contributed by atoms with Gasteiger partial charge in [-0.1, -0.05) is 49.2 Å². The third-order valence-electron chi connectivity index (χ3n) is 4.43. The van der Waals surface area contributed by atoms with Gasteiger partial charge in [0.25, 0.3) is 0 Å². The van der Waals surface area contributed by atoms with Crippen LogP contribution in [0.15, 0.2) is 42.5 Å². The number of nitrogens with one attached hydrogen (secondary N) is 1. The monoisotopic (exact) mass is 472 g/mol. The predicted molar refractivity (Wildman–Crippen MR) is 122 cm³/mol. The van der Waals surface area contributed by atoms with Gasteiger partial charge in [0.1, 0.15) is 12.3 Å². The van der Waals surface area contributed by atoms with Crippen LogP contribution in [0.4, 0.5) is 5.69 Å². The van der Waals surface area contributed by atoms with Crippen molar-refractivity contribution in [3.05, 3.63) is 58.1 Å². The molecule has 30 heavy (non-hydrogen) atoms. The lowest BCUT2D eigenvalue weighted by Crippen LogP contribution is -2.42. The second-order valence-electron chi connectivity index (χ2n) is 7.39. The van der Waals surface area contributed by atoms with Crippen molar-refractivity contribution in [3.63, 3.8) is 0 Å². The van der Waals surface area contributed by atoms with Gasteiger partial charge in [0.05, 0.1) is 30.1 Å². The first-order chi connectivity index (χ1) is 14.0. The summed E-state index contributed by atoms with van der Waals surface area (Å²) in [5.41, 5.74) is 1.11. The average molecular weight is 473 g/mol. The van der Waals surface area contributed by atoms with Crippen molar-refractivity contribution >= 4 is 44.8 Å². The van der Waals surface area contributed by atoms with Gasteiger partial charge in [-0.15, -0.1) is 0 Å². The van der Waals surface area contributed by atoms with Crippen LogP contribution in [-0.2, 0) is 14.8 Å². The molecule has 0 radical (unpaired) electrons. The van der Waals surface area contributed by atoms with Crippen molar-refractivity contribution in [2.45, 2.75) is 26.3 Å². The fraction of sp³-hybridized carbons (Fsp3) is 0.381. The minimum atomic E-state index is -3.75. The summed E-state index contributed by atoms with van der Waals surface area (Å²) in [6.45, 7) is 3.71. The number of sulfonamides is 1. The molecule has 0 fully saturated rings. The molecule has 0 bridgehead atoms. The highest BCUT2D eigenvalue weighted by Gasteiger charge is 2.25. The molecule has 9 heteroatoms. The van der Waals surface area contributed by atoms with Crippen molar-refractivity contribution < 1.29 is 17.9 Å². The normalized spacial score (nSPS) is 12.5. The molecule has 1 N–H and O–H groups in total. The Hall–Kier alpha value is -1.96. The van der Waals surface area contributed by atoms with Gasteiger partial charge >= 0.3 is 0 Å². The number of rotatable bonds is 9. The van der Waals surface area contributed by atoms with Crippen molar-refractivity contribution in [1.29, 1.82) is 0 Å². The number of anilines is 1. The maximum absolute atomic E-state index is 12.8. The molecule has 0 aliphatic rings. The number of benzene rings is 2. The Morgan fingerprint density at radius 2 is 1.77 bits per heavy atom. The van der Waals surface area contributed by atoms with Crippen LogP contribution in [0.5, 0.6) is 5.75 Å². The molecule has 0 aromatic heterocycles. The summed E-state index contributed by atoms with van der Waals surface area (Å²) >= 11 is 12.1. The Morgan fingerprint density at radius 1 is 1.13 bits per heavy atom. The van der Waals surface area contributed by atoms with Gasteiger partial charge in [-0.05, 0) is 48.2 Å². The minimum Gasteiger partial charge on any atom is -0.497 e. The number of carbonyl (C=O) groups is 1. The molecule has 0 saturated carbocycles. The van der Waals surface area contributed by atoms with E-state index in [9.17, 15) is 13.2 Å². The molecule has 0 saturated heterocycles. The van der Waals surface area contributed by atoms with E-state index in [1.807, 2.05) is 24.3 Å². The quantitative estimate of drug-likeness (QED) is 0.574. The highest BCUT2D eigenvalue weighted by atomic mass is 35.5.